The standard InChI is InChI=1S/C29H23ClN4O3S2/c1-17-15-20(16-27-28(35)32-29(39-27)31-26-6-4-5-25(30)18(26)2)19(3)33(17)21-7-11-23(12-8-21)38-24-13-9-22(10-14-24)34(36)37/h4-16H,1-3H3,(H,31,32,35)/b27-16+. The molecule has 1 aromatic heterocycles. The van der Waals surface area contributed by atoms with Gasteiger partial charge in [0, 0.05) is 44.0 Å². The van der Waals surface area contributed by atoms with Crippen molar-refractivity contribution >= 4 is 63.7 Å². The summed E-state index contributed by atoms with van der Waals surface area (Å²) in [4.78, 5) is 30.3. The molecule has 10 heteroatoms. The summed E-state index contributed by atoms with van der Waals surface area (Å²) in [6.07, 6.45) is 1.89. The number of thioether (sulfide) groups is 1. The van der Waals surface area contributed by atoms with Gasteiger partial charge in [0.25, 0.3) is 11.6 Å². The first-order valence-corrected chi connectivity index (χ1v) is 14.0. The normalized spacial score (nSPS) is 15.2. The number of benzene rings is 3. The van der Waals surface area contributed by atoms with Crippen molar-refractivity contribution in [1.82, 2.24) is 9.88 Å². The van der Waals surface area contributed by atoms with Crippen molar-refractivity contribution in [3.05, 3.63) is 115 Å². The third-order valence-electron chi connectivity index (χ3n) is 6.25. The average molecular weight is 575 g/mol. The van der Waals surface area contributed by atoms with E-state index in [1.807, 2.05) is 69.3 Å². The summed E-state index contributed by atoms with van der Waals surface area (Å²) in [7, 11) is 0. The van der Waals surface area contributed by atoms with Gasteiger partial charge in [0.05, 0.1) is 15.5 Å². The fraction of sp³-hybridized carbons (Fsp3) is 0.103. The molecule has 1 saturated heterocycles. The zero-order valence-electron chi connectivity index (χ0n) is 21.3. The Kier molecular flexibility index (Phi) is 7.65. The van der Waals surface area contributed by atoms with Crippen LogP contribution in [0.2, 0.25) is 5.02 Å². The van der Waals surface area contributed by atoms with E-state index in [1.165, 1.54) is 23.9 Å². The number of amides is 1. The molecule has 2 heterocycles. The number of aliphatic imine (C=N–C) groups is 1. The van der Waals surface area contributed by atoms with Crippen molar-refractivity contribution < 1.29 is 9.72 Å². The highest BCUT2D eigenvalue weighted by Gasteiger charge is 2.25. The van der Waals surface area contributed by atoms with Crippen LogP contribution in [-0.4, -0.2) is 20.6 Å². The van der Waals surface area contributed by atoms with Gasteiger partial charge in [0.2, 0.25) is 0 Å². The Morgan fingerprint density at radius 3 is 2.36 bits per heavy atom. The highest BCUT2D eigenvalue weighted by Crippen LogP contribution is 2.33. The second-order valence-corrected chi connectivity index (χ2v) is 11.5. The molecule has 0 aliphatic carbocycles. The lowest BCUT2D eigenvalue weighted by Crippen LogP contribution is -2.19. The summed E-state index contributed by atoms with van der Waals surface area (Å²) in [6.45, 7) is 5.96. The van der Waals surface area contributed by atoms with Crippen LogP contribution in [0.4, 0.5) is 11.4 Å². The van der Waals surface area contributed by atoms with E-state index in [-0.39, 0.29) is 11.6 Å². The first kappa shape index (κ1) is 26.8. The van der Waals surface area contributed by atoms with Crippen molar-refractivity contribution in [2.45, 2.75) is 30.6 Å². The van der Waals surface area contributed by atoms with Gasteiger partial charge >= 0.3 is 0 Å². The zero-order valence-corrected chi connectivity index (χ0v) is 23.7. The van der Waals surface area contributed by atoms with E-state index in [1.54, 1.807) is 23.9 Å². The molecule has 0 atom stereocenters. The molecule has 7 nitrogen and oxygen atoms in total. The maximum absolute atomic E-state index is 12.7. The van der Waals surface area contributed by atoms with Gasteiger partial charge in [0.15, 0.2) is 5.17 Å². The average Bonchev–Trinajstić information content (AvgIpc) is 3.40. The number of amidine groups is 1. The molecular formula is C29H23ClN4O3S2. The Morgan fingerprint density at radius 1 is 1.03 bits per heavy atom. The summed E-state index contributed by atoms with van der Waals surface area (Å²) < 4.78 is 2.15. The number of nitrogens with one attached hydrogen (secondary N) is 1. The molecule has 3 aromatic carbocycles. The minimum Gasteiger partial charge on any atom is -0.318 e. The van der Waals surface area contributed by atoms with Crippen LogP contribution in [0, 0.1) is 30.9 Å². The van der Waals surface area contributed by atoms with Gasteiger partial charge in [-0.15, -0.1) is 0 Å². The summed E-state index contributed by atoms with van der Waals surface area (Å²) in [5.41, 5.74) is 5.67. The Morgan fingerprint density at radius 2 is 1.69 bits per heavy atom. The molecule has 0 saturated carbocycles. The van der Waals surface area contributed by atoms with E-state index in [0.717, 1.165) is 43.7 Å². The van der Waals surface area contributed by atoms with E-state index >= 15 is 0 Å². The Bertz CT molecular complexity index is 1660. The largest absolute Gasteiger partial charge is 0.318 e. The smallest absolute Gasteiger partial charge is 0.269 e. The molecule has 4 aromatic rings. The maximum atomic E-state index is 12.7. The number of nitrogens with zero attached hydrogens (tertiary/aromatic N) is 3. The Hall–Kier alpha value is -3.79. The molecule has 1 aliphatic heterocycles. The van der Waals surface area contributed by atoms with Crippen LogP contribution in [0.3, 0.4) is 0 Å². The third-order valence-corrected chi connectivity index (χ3v) is 8.58. The number of halogens is 1. The van der Waals surface area contributed by atoms with E-state index < -0.39 is 4.92 Å². The zero-order chi connectivity index (χ0) is 27.7. The third kappa shape index (κ3) is 5.80. The number of nitro benzene ring substituents is 1. The molecule has 39 heavy (non-hydrogen) atoms. The molecule has 1 N–H and O–H groups in total. The highest BCUT2D eigenvalue weighted by molar-refractivity contribution is 8.18. The lowest BCUT2D eigenvalue weighted by molar-refractivity contribution is -0.384. The number of carbonyl (C=O) groups is 1. The first-order valence-electron chi connectivity index (χ1n) is 12.0. The van der Waals surface area contributed by atoms with Crippen molar-refractivity contribution in [2.75, 3.05) is 0 Å². The molecule has 196 valence electrons. The van der Waals surface area contributed by atoms with Crippen LogP contribution in [-0.2, 0) is 4.79 Å². The maximum Gasteiger partial charge on any atom is 0.269 e. The number of hydrogen-bond donors (Lipinski definition) is 1. The van der Waals surface area contributed by atoms with E-state index in [0.29, 0.717) is 15.1 Å². The number of carbonyl (C=O) groups excluding carboxylic acids is 1. The molecule has 0 unspecified atom stereocenters. The second-order valence-electron chi connectivity index (χ2n) is 8.87. The Balaban J connectivity index is 1.35. The fourth-order valence-electron chi connectivity index (χ4n) is 4.21. The van der Waals surface area contributed by atoms with Crippen molar-refractivity contribution in [3.63, 3.8) is 0 Å². The van der Waals surface area contributed by atoms with Gasteiger partial charge in [-0.25, -0.2) is 4.99 Å². The van der Waals surface area contributed by atoms with Crippen molar-refractivity contribution in [3.8, 4) is 5.69 Å². The summed E-state index contributed by atoms with van der Waals surface area (Å²) in [5.74, 6) is -0.184. The number of non-ortho nitro benzene ring substituents is 1. The van der Waals surface area contributed by atoms with Crippen LogP contribution in [0.15, 0.2) is 92.5 Å². The molecule has 0 radical (unpaired) electrons. The number of nitro groups is 1. The lowest BCUT2D eigenvalue weighted by Gasteiger charge is -2.11. The van der Waals surface area contributed by atoms with Crippen molar-refractivity contribution in [2.24, 2.45) is 4.99 Å². The number of aryl methyl sites for hydroxylation is 1. The number of hydrogen-bond acceptors (Lipinski definition) is 6. The van der Waals surface area contributed by atoms with E-state index in [9.17, 15) is 14.9 Å². The minimum absolute atomic E-state index is 0.0761. The lowest BCUT2D eigenvalue weighted by atomic mass is 10.2. The van der Waals surface area contributed by atoms with Gasteiger partial charge in [-0.05, 0) is 104 Å². The quantitative estimate of drug-likeness (QED) is 0.143. The summed E-state index contributed by atoms with van der Waals surface area (Å²) >= 11 is 9.06. The van der Waals surface area contributed by atoms with Gasteiger partial charge in [-0.1, -0.05) is 29.4 Å². The van der Waals surface area contributed by atoms with Gasteiger partial charge in [0.1, 0.15) is 0 Å². The molecular weight excluding hydrogens is 552 g/mol. The number of aromatic nitrogens is 1. The molecule has 1 amide bonds. The van der Waals surface area contributed by atoms with Gasteiger partial charge in [-0.2, -0.15) is 0 Å². The van der Waals surface area contributed by atoms with Crippen LogP contribution >= 0.6 is 35.1 Å². The SMILES string of the molecule is Cc1c(Cl)cccc1N=C1NC(=O)/C(=C\c2cc(C)n(-c3ccc(Sc4ccc([N+](=O)[O-])cc4)cc3)c2C)S1. The van der Waals surface area contributed by atoms with Crippen LogP contribution in [0.25, 0.3) is 11.8 Å². The minimum atomic E-state index is -0.401. The number of rotatable bonds is 6. The topological polar surface area (TPSA) is 89.5 Å². The van der Waals surface area contributed by atoms with Crippen LogP contribution < -0.4 is 5.32 Å². The van der Waals surface area contributed by atoms with E-state index in [4.69, 9.17) is 11.6 Å². The molecule has 1 fully saturated rings. The highest BCUT2D eigenvalue weighted by atomic mass is 35.5. The van der Waals surface area contributed by atoms with Crippen LogP contribution in [0.5, 0.6) is 0 Å². The van der Waals surface area contributed by atoms with Crippen molar-refractivity contribution in [1.29, 1.82) is 0 Å². The Labute approximate surface area is 239 Å². The monoisotopic (exact) mass is 574 g/mol. The molecule has 0 bridgehead atoms. The van der Waals surface area contributed by atoms with Crippen LogP contribution in [0.1, 0.15) is 22.5 Å². The first-order chi connectivity index (χ1) is 18.7. The molecule has 0 spiro atoms. The summed E-state index contributed by atoms with van der Waals surface area (Å²) in [6, 6.07) is 22.2. The molecule has 5 rings (SSSR count). The van der Waals surface area contributed by atoms with Gasteiger partial charge < -0.3 is 9.88 Å². The fourth-order valence-corrected chi connectivity index (χ4v) is 6.03. The predicted molar refractivity (Wildman–Crippen MR) is 159 cm³/mol. The predicted octanol–water partition coefficient (Wildman–Crippen LogP) is 8.01. The summed E-state index contributed by atoms with van der Waals surface area (Å²) in [5, 5.41) is 14.9. The van der Waals surface area contributed by atoms with Gasteiger partial charge in [-0.3, -0.25) is 14.9 Å². The second kappa shape index (κ2) is 11.1. The molecule has 1 aliphatic rings. The van der Waals surface area contributed by atoms with E-state index in [2.05, 4.69) is 20.9 Å².